The first-order chi connectivity index (χ1) is 14.4. The predicted molar refractivity (Wildman–Crippen MR) is 125 cm³/mol. The lowest BCUT2D eigenvalue weighted by atomic mass is 10.2. The Morgan fingerprint density at radius 2 is 1.00 bits per heavy atom. The van der Waals surface area contributed by atoms with Crippen LogP contribution in [-0.4, -0.2) is 29.2 Å². The number of halogens is 1. The summed E-state index contributed by atoms with van der Waals surface area (Å²) in [5, 5.41) is 2.40. The Morgan fingerprint density at radius 1 is 0.552 bits per heavy atom. The van der Waals surface area contributed by atoms with Crippen molar-refractivity contribution in [3.8, 4) is 0 Å². The minimum absolute atomic E-state index is 0.312. The number of pyridine rings is 2. The molecule has 140 valence electrons. The van der Waals surface area contributed by atoms with Gasteiger partial charge in [-0.25, -0.2) is 0 Å². The summed E-state index contributed by atoms with van der Waals surface area (Å²) in [5.41, 5.74) is 3.49. The van der Waals surface area contributed by atoms with Crippen molar-refractivity contribution in [2.45, 2.75) is 4.55 Å². The zero-order valence-electron chi connectivity index (χ0n) is 16.2. The van der Waals surface area contributed by atoms with Gasteiger partial charge in [0, 0.05) is 23.2 Å². The molecule has 0 unspecified atom stereocenters. The maximum absolute atomic E-state index is 5.67. The summed E-state index contributed by atoms with van der Waals surface area (Å²) in [6, 6.07) is 34.5. The van der Waals surface area contributed by atoms with Crippen molar-refractivity contribution in [2.24, 2.45) is 0 Å². The number of rotatable bonds is 2. The van der Waals surface area contributed by atoms with Crippen LogP contribution in [0, 0.1) is 0 Å². The SMILES string of the molecule is [Cl][Mg][CH2]c1ccccc1.c1ccc2ncccc2c1.c1ccc2ncccc2c1. The predicted octanol–water partition coefficient (Wildman–Crippen LogP) is 6.51. The molecule has 0 aliphatic heterocycles. The topological polar surface area (TPSA) is 25.8 Å². The van der Waals surface area contributed by atoms with E-state index in [9.17, 15) is 0 Å². The number of hydrogen-bond acceptors (Lipinski definition) is 2. The lowest BCUT2D eigenvalue weighted by Crippen LogP contribution is -1.86. The molecule has 2 heterocycles. The Morgan fingerprint density at radius 3 is 1.48 bits per heavy atom. The molecule has 0 aliphatic carbocycles. The van der Waals surface area contributed by atoms with Gasteiger partial charge >= 0.3 is 19.3 Å². The first-order valence-electron chi connectivity index (χ1n) is 9.56. The van der Waals surface area contributed by atoms with Crippen molar-refractivity contribution >= 4 is 50.1 Å². The van der Waals surface area contributed by atoms with Crippen LogP contribution in [0.3, 0.4) is 0 Å². The summed E-state index contributed by atoms with van der Waals surface area (Å²) in [6.07, 6.45) is 3.62. The van der Waals surface area contributed by atoms with Gasteiger partial charge in [-0.2, -0.15) is 0 Å². The van der Waals surface area contributed by atoms with Crippen LogP contribution in [0.25, 0.3) is 21.8 Å². The Kier molecular flexibility index (Phi) is 8.92. The van der Waals surface area contributed by atoms with Crippen LogP contribution < -0.4 is 0 Å². The summed E-state index contributed by atoms with van der Waals surface area (Å²) in [5.74, 6) is 0. The van der Waals surface area contributed by atoms with Gasteiger partial charge in [-0.1, -0.05) is 89.0 Å². The fourth-order valence-corrected chi connectivity index (χ4v) is 3.99. The third-order valence-corrected chi connectivity index (χ3v) is 5.58. The van der Waals surface area contributed by atoms with Crippen molar-refractivity contribution in [3.05, 3.63) is 121 Å². The highest BCUT2D eigenvalue weighted by Crippen LogP contribution is 2.08. The molecule has 5 rings (SSSR count). The highest BCUT2D eigenvalue weighted by atomic mass is 35.5. The van der Waals surface area contributed by atoms with Crippen molar-refractivity contribution in [2.75, 3.05) is 0 Å². The number of aromatic nitrogens is 2. The average molecular weight is 409 g/mol. The molecule has 0 saturated heterocycles. The Labute approximate surface area is 185 Å². The molecule has 5 aromatic rings. The van der Waals surface area contributed by atoms with E-state index in [1.54, 1.807) is 0 Å². The van der Waals surface area contributed by atoms with Gasteiger partial charge in [0.2, 0.25) is 0 Å². The summed E-state index contributed by atoms with van der Waals surface area (Å²) < 4.78 is 1.11. The molecule has 4 heteroatoms. The highest BCUT2D eigenvalue weighted by molar-refractivity contribution is 6.93. The van der Waals surface area contributed by atoms with Crippen molar-refractivity contribution < 1.29 is 0 Å². The van der Waals surface area contributed by atoms with Crippen LogP contribution in [0.5, 0.6) is 0 Å². The van der Waals surface area contributed by atoms with Gasteiger partial charge in [0.1, 0.15) is 0 Å². The smallest absolute Gasteiger partial charge is 0.345 e. The van der Waals surface area contributed by atoms with Gasteiger partial charge in [0.05, 0.1) is 11.0 Å². The van der Waals surface area contributed by atoms with Crippen LogP contribution in [0.1, 0.15) is 5.56 Å². The zero-order valence-corrected chi connectivity index (χ0v) is 18.3. The largest absolute Gasteiger partial charge is 0.505 e. The van der Waals surface area contributed by atoms with Crippen LogP contribution in [0.15, 0.2) is 116 Å². The number of fused-ring (bicyclic) bond motifs is 2. The van der Waals surface area contributed by atoms with E-state index in [1.807, 2.05) is 67.0 Å². The lowest BCUT2D eigenvalue weighted by Gasteiger charge is -1.92. The molecule has 0 bridgehead atoms. The maximum Gasteiger partial charge on any atom is 0.505 e. The Bertz CT molecular complexity index is 931. The molecular formula is C25H21ClMgN2. The monoisotopic (exact) mass is 408 g/mol. The van der Waals surface area contributed by atoms with E-state index in [2.05, 4.69) is 58.5 Å². The van der Waals surface area contributed by atoms with Crippen LogP contribution in [0.4, 0.5) is 0 Å². The molecule has 0 aliphatic rings. The van der Waals surface area contributed by atoms with Gasteiger partial charge < -0.3 is 9.07 Å². The molecule has 0 radical (unpaired) electrons. The second kappa shape index (κ2) is 12.2. The van der Waals surface area contributed by atoms with Gasteiger partial charge in [-0.05, 0) is 24.3 Å². The standard InChI is InChI=1S/2C9H7N.C7H7.ClH.Mg/c2*1-2-6-9-8(4-1)5-3-7-10-9;1-7-5-3-2-4-6-7;;/h2*1-7H;2-6H,1H2;1H;/q;;;;+1/p-1. The normalized spacial score (nSPS) is 9.55. The molecule has 2 aromatic heterocycles. The Balaban J connectivity index is 0.000000125. The molecule has 29 heavy (non-hydrogen) atoms. The van der Waals surface area contributed by atoms with Crippen LogP contribution in [0.2, 0.25) is 0 Å². The maximum atomic E-state index is 5.67. The minimum Gasteiger partial charge on any atom is -0.345 e. The van der Waals surface area contributed by atoms with E-state index in [0.29, 0.717) is 0 Å². The van der Waals surface area contributed by atoms with Crippen molar-refractivity contribution in [1.82, 2.24) is 9.97 Å². The van der Waals surface area contributed by atoms with Gasteiger partial charge in [-0.3, -0.25) is 9.97 Å². The molecule has 3 aromatic carbocycles. The molecule has 0 fully saturated rings. The van der Waals surface area contributed by atoms with Gasteiger partial charge in [-0.15, -0.1) is 0 Å². The second-order valence-corrected chi connectivity index (χ2v) is 8.33. The van der Waals surface area contributed by atoms with Gasteiger partial charge in [0.25, 0.3) is 0 Å². The van der Waals surface area contributed by atoms with Crippen molar-refractivity contribution in [1.29, 1.82) is 0 Å². The first kappa shape index (κ1) is 21.3. The molecule has 0 N–H and O–H groups in total. The minimum atomic E-state index is -0.312. The second-order valence-electron chi connectivity index (χ2n) is 6.32. The average Bonchev–Trinajstić information content (AvgIpc) is 2.81. The van der Waals surface area contributed by atoms with Crippen LogP contribution in [-0.2, 0) is 4.55 Å². The number of para-hydroxylation sites is 2. The summed E-state index contributed by atoms with van der Waals surface area (Å²) in [4.78, 5) is 8.36. The molecule has 0 amide bonds. The highest BCUT2D eigenvalue weighted by Gasteiger charge is 1.91. The van der Waals surface area contributed by atoms with Crippen LogP contribution >= 0.6 is 9.07 Å². The van der Waals surface area contributed by atoms with E-state index in [-0.39, 0.29) is 19.3 Å². The number of nitrogens with zero attached hydrogens (tertiary/aromatic N) is 2. The molecule has 2 nitrogen and oxygen atoms in total. The van der Waals surface area contributed by atoms with E-state index in [1.165, 1.54) is 16.3 Å². The fourth-order valence-electron chi connectivity index (χ4n) is 2.79. The molecule has 0 saturated carbocycles. The molecule has 0 atom stereocenters. The molecular weight excluding hydrogens is 388 g/mol. The number of hydrogen-bond donors (Lipinski definition) is 0. The summed E-state index contributed by atoms with van der Waals surface area (Å²) in [6.45, 7) is 0. The zero-order chi connectivity index (χ0) is 20.2. The molecule has 0 spiro atoms. The van der Waals surface area contributed by atoms with Gasteiger partial charge in [0.15, 0.2) is 0 Å². The number of benzene rings is 3. The lowest BCUT2D eigenvalue weighted by molar-refractivity contribution is 1.40. The van der Waals surface area contributed by atoms with E-state index in [4.69, 9.17) is 9.07 Å². The summed E-state index contributed by atoms with van der Waals surface area (Å²) in [7, 11) is 5.67. The van der Waals surface area contributed by atoms with Crippen molar-refractivity contribution in [3.63, 3.8) is 0 Å². The first-order valence-corrected chi connectivity index (χ1v) is 12.7. The third-order valence-electron chi connectivity index (χ3n) is 4.25. The fraction of sp³-hybridized carbons (Fsp3) is 0.0400. The van der Waals surface area contributed by atoms with E-state index in [0.717, 1.165) is 15.6 Å². The Hall–Kier alpha value is -2.46. The van der Waals surface area contributed by atoms with E-state index < -0.39 is 0 Å². The third kappa shape index (κ3) is 7.13. The van der Waals surface area contributed by atoms with E-state index >= 15 is 0 Å². The summed E-state index contributed by atoms with van der Waals surface area (Å²) >= 11 is -0.312. The quantitative estimate of drug-likeness (QED) is 0.311.